The molecule has 0 aliphatic carbocycles. The first-order chi connectivity index (χ1) is 15.6. The molecule has 3 aromatic rings. The van der Waals surface area contributed by atoms with Gasteiger partial charge in [0, 0.05) is 30.5 Å². The highest BCUT2D eigenvalue weighted by atomic mass is 19.4. The van der Waals surface area contributed by atoms with Crippen LogP contribution < -0.4 is 15.4 Å². The van der Waals surface area contributed by atoms with Crippen molar-refractivity contribution in [3.63, 3.8) is 0 Å². The summed E-state index contributed by atoms with van der Waals surface area (Å²) in [4.78, 5) is 8.90. The molecule has 0 atom stereocenters. The van der Waals surface area contributed by atoms with Gasteiger partial charge in [-0.2, -0.15) is 4.98 Å². The number of nitrogens with zero attached hydrogens (tertiary/aromatic N) is 2. The summed E-state index contributed by atoms with van der Waals surface area (Å²) in [7, 11) is 0. The van der Waals surface area contributed by atoms with Gasteiger partial charge in [-0.3, -0.25) is 0 Å². The SMILES string of the molecule is Cc1cc(Nc2cc(-c3cccc(OC(F)(F)F)c3)nc(NCCCO)n2)ccc1C(C)C. The van der Waals surface area contributed by atoms with Crippen LogP contribution in [0.1, 0.15) is 37.3 Å². The van der Waals surface area contributed by atoms with E-state index in [9.17, 15) is 13.2 Å². The molecule has 3 rings (SSSR count). The molecule has 0 aliphatic rings. The molecule has 0 amide bonds. The molecule has 0 unspecified atom stereocenters. The number of hydrogen-bond acceptors (Lipinski definition) is 6. The maximum absolute atomic E-state index is 12.6. The predicted octanol–water partition coefficient (Wildman–Crippen LogP) is 6.01. The van der Waals surface area contributed by atoms with Crippen LogP contribution in [0.25, 0.3) is 11.3 Å². The Hall–Kier alpha value is -3.33. The van der Waals surface area contributed by atoms with Crippen molar-refractivity contribution in [3.8, 4) is 17.0 Å². The fourth-order valence-electron chi connectivity index (χ4n) is 3.42. The maximum atomic E-state index is 12.6. The van der Waals surface area contributed by atoms with Crippen LogP contribution in [-0.4, -0.2) is 34.6 Å². The first-order valence-electron chi connectivity index (χ1n) is 10.6. The minimum Gasteiger partial charge on any atom is -0.406 e. The Morgan fingerprint density at radius 1 is 1.06 bits per heavy atom. The summed E-state index contributed by atoms with van der Waals surface area (Å²) >= 11 is 0. The average Bonchev–Trinajstić information content (AvgIpc) is 2.72. The van der Waals surface area contributed by atoms with Gasteiger partial charge in [0.2, 0.25) is 5.95 Å². The van der Waals surface area contributed by atoms with Crippen LogP contribution in [-0.2, 0) is 0 Å². The van der Waals surface area contributed by atoms with E-state index in [-0.39, 0.29) is 12.4 Å². The third-order valence-corrected chi connectivity index (χ3v) is 4.87. The minimum absolute atomic E-state index is 0.0100. The molecular formula is C24H27F3N4O2. The van der Waals surface area contributed by atoms with E-state index in [2.05, 4.69) is 45.3 Å². The molecule has 33 heavy (non-hydrogen) atoms. The van der Waals surface area contributed by atoms with Gasteiger partial charge in [0.1, 0.15) is 11.6 Å². The van der Waals surface area contributed by atoms with E-state index in [4.69, 9.17) is 5.11 Å². The Labute approximate surface area is 190 Å². The fraction of sp³-hybridized carbons (Fsp3) is 0.333. The van der Waals surface area contributed by atoms with Crippen molar-refractivity contribution in [1.29, 1.82) is 0 Å². The van der Waals surface area contributed by atoms with Crippen molar-refractivity contribution in [1.82, 2.24) is 9.97 Å². The molecule has 0 spiro atoms. The van der Waals surface area contributed by atoms with Gasteiger partial charge in [0.25, 0.3) is 0 Å². The zero-order valence-electron chi connectivity index (χ0n) is 18.7. The molecular weight excluding hydrogens is 433 g/mol. The number of halogens is 3. The number of anilines is 3. The summed E-state index contributed by atoms with van der Waals surface area (Å²) in [5.74, 6) is 0.840. The molecule has 6 nitrogen and oxygen atoms in total. The van der Waals surface area contributed by atoms with Gasteiger partial charge in [-0.1, -0.05) is 32.0 Å². The van der Waals surface area contributed by atoms with Crippen LogP contribution in [0.5, 0.6) is 5.75 Å². The second-order valence-corrected chi connectivity index (χ2v) is 7.89. The smallest absolute Gasteiger partial charge is 0.406 e. The van der Waals surface area contributed by atoms with Crippen LogP contribution in [0.15, 0.2) is 48.5 Å². The van der Waals surface area contributed by atoms with Gasteiger partial charge in [0.05, 0.1) is 5.69 Å². The number of hydrogen-bond donors (Lipinski definition) is 3. The predicted molar refractivity (Wildman–Crippen MR) is 123 cm³/mol. The van der Waals surface area contributed by atoms with Crippen LogP contribution in [0.2, 0.25) is 0 Å². The zero-order chi connectivity index (χ0) is 24.0. The molecule has 0 saturated carbocycles. The Morgan fingerprint density at radius 3 is 2.52 bits per heavy atom. The lowest BCUT2D eigenvalue weighted by Gasteiger charge is -2.15. The molecule has 0 radical (unpaired) electrons. The molecule has 1 heterocycles. The molecule has 1 aromatic heterocycles. The van der Waals surface area contributed by atoms with E-state index in [0.29, 0.717) is 41.9 Å². The summed E-state index contributed by atoms with van der Waals surface area (Å²) in [6.07, 6.45) is -4.28. The lowest BCUT2D eigenvalue weighted by Crippen LogP contribution is -2.17. The van der Waals surface area contributed by atoms with Crippen molar-refractivity contribution in [2.45, 2.75) is 39.5 Å². The number of ether oxygens (including phenoxy) is 1. The first-order valence-corrected chi connectivity index (χ1v) is 10.6. The number of aromatic nitrogens is 2. The maximum Gasteiger partial charge on any atom is 0.573 e. The Bertz CT molecular complexity index is 1090. The standard InChI is InChI=1S/C24H27F3N4O2/c1-15(2)20-9-8-18(12-16(20)3)29-22-14-21(30-23(31-22)28-10-5-11-32)17-6-4-7-19(13-17)33-24(25,26)27/h4,6-9,12-15,32H,5,10-11H2,1-3H3,(H2,28,29,30,31). The highest BCUT2D eigenvalue weighted by Crippen LogP contribution is 2.30. The topological polar surface area (TPSA) is 79.3 Å². The van der Waals surface area contributed by atoms with Gasteiger partial charge < -0.3 is 20.5 Å². The van der Waals surface area contributed by atoms with Crippen molar-refractivity contribution in [2.75, 3.05) is 23.8 Å². The van der Waals surface area contributed by atoms with Crippen LogP contribution in [0.4, 0.5) is 30.6 Å². The number of benzene rings is 2. The summed E-state index contributed by atoms with van der Waals surface area (Å²) in [6, 6.07) is 13.3. The van der Waals surface area contributed by atoms with Crippen molar-refractivity contribution in [2.24, 2.45) is 0 Å². The average molecular weight is 461 g/mol. The normalized spacial score (nSPS) is 11.5. The van der Waals surface area contributed by atoms with Gasteiger partial charge >= 0.3 is 6.36 Å². The summed E-state index contributed by atoms with van der Waals surface area (Å²) in [6.45, 7) is 6.76. The van der Waals surface area contributed by atoms with E-state index in [0.717, 1.165) is 11.3 Å². The quantitative estimate of drug-likeness (QED) is 0.339. The Kier molecular flexibility index (Phi) is 7.75. The molecule has 9 heteroatoms. The largest absolute Gasteiger partial charge is 0.573 e. The minimum atomic E-state index is -4.78. The molecule has 176 valence electrons. The number of alkyl halides is 3. The van der Waals surface area contributed by atoms with E-state index in [1.807, 2.05) is 19.1 Å². The van der Waals surface area contributed by atoms with Crippen molar-refractivity contribution >= 4 is 17.5 Å². The molecule has 0 saturated heterocycles. The Morgan fingerprint density at radius 2 is 1.85 bits per heavy atom. The lowest BCUT2D eigenvalue weighted by molar-refractivity contribution is -0.274. The van der Waals surface area contributed by atoms with Gasteiger partial charge in [-0.05, 0) is 54.7 Å². The Balaban J connectivity index is 1.94. The fourth-order valence-corrected chi connectivity index (χ4v) is 3.42. The summed E-state index contributed by atoms with van der Waals surface area (Å²) in [5.41, 5.74) is 4.08. The van der Waals surface area contributed by atoms with E-state index >= 15 is 0 Å². The monoisotopic (exact) mass is 460 g/mol. The lowest BCUT2D eigenvalue weighted by atomic mass is 9.98. The van der Waals surface area contributed by atoms with Gasteiger partial charge in [0.15, 0.2) is 0 Å². The zero-order valence-corrected chi connectivity index (χ0v) is 18.7. The van der Waals surface area contributed by atoms with Crippen LogP contribution in [0.3, 0.4) is 0 Å². The van der Waals surface area contributed by atoms with Gasteiger partial charge in [-0.25, -0.2) is 4.98 Å². The van der Waals surface area contributed by atoms with Crippen LogP contribution in [0, 0.1) is 6.92 Å². The van der Waals surface area contributed by atoms with Crippen LogP contribution >= 0.6 is 0 Å². The molecule has 2 aromatic carbocycles. The van der Waals surface area contributed by atoms with Crippen molar-refractivity contribution in [3.05, 3.63) is 59.7 Å². The van der Waals surface area contributed by atoms with Crippen molar-refractivity contribution < 1.29 is 23.0 Å². The van der Waals surface area contributed by atoms with Gasteiger partial charge in [-0.15, -0.1) is 13.2 Å². The molecule has 0 bridgehead atoms. The molecule has 3 N–H and O–H groups in total. The molecule has 0 fully saturated rings. The highest BCUT2D eigenvalue weighted by Gasteiger charge is 2.31. The van der Waals surface area contributed by atoms with E-state index in [1.165, 1.54) is 23.8 Å². The number of rotatable bonds is 9. The second kappa shape index (κ2) is 10.5. The van der Waals surface area contributed by atoms with E-state index in [1.54, 1.807) is 12.1 Å². The number of aliphatic hydroxyl groups is 1. The number of nitrogens with one attached hydrogen (secondary N) is 2. The number of aliphatic hydroxyl groups excluding tert-OH is 1. The first kappa shape index (κ1) is 24.3. The third kappa shape index (κ3) is 7.08. The molecule has 0 aliphatic heterocycles. The summed E-state index contributed by atoms with van der Waals surface area (Å²) in [5, 5.41) is 15.3. The summed E-state index contributed by atoms with van der Waals surface area (Å²) < 4.78 is 42.0. The number of aryl methyl sites for hydroxylation is 1. The van der Waals surface area contributed by atoms with E-state index < -0.39 is 6.36 Å². The second-order valence-electron chi connectivity index (χ2n) is 7.89. The third-order valence-electron chi connectivity index (χ3n) is 4.87. The highest BCUT2D eigenvalue weighted by molar-refractivity contribution is 5.68.